The Hall–Kier alpha value is -1.84. The molecule has 0 bridgehead atoms. The maximum absolute atomic E-state index is 12.2. The number of carbonyl (C=O) groups is 1. The lowest BCUT2D eigenvalue weighted by atomic mass is 9.95. The van der Waals surface area contributed by atoms with E-state index in [9.17, 15) is 10.1 Å². The van der Waals surface area contributed by atoms with E-state index in [1.165, 1.54) is 0 Å². The monoisotopic (exact) mass is 378 g/mol. The van der Waals surface area contributed by atoms with Crippen LogP contribution in [0.3, 0.4) is 0 Å². The van der Waals surface area contributed by atoms with Gasteiger partial charge in [0.1, 0.15) is 11.6 Å². The van der Waals surface area contributed by atoms with Crippen molar-refractivity contribution in [1.82, 2.24) is 5.32 Å². The quantitative estimate of drug-likeness (QED) is 0.286. The second-order valence-corrected chi connectivity index (χ2v) is 6.37. The van der Waals surface area contributed by atoms with Crippen LogP contribution in [0.1, 0.15) is 58.8 Å². The lowest BCUT2D eigenvalue weighted by Crippen LogP contribution is -2.19. The Morgan fingerprint density at radius 3 is 2.81 bits per heavy atom. The fraction of sp³-hybridized carbons (Fsp3) is 0.714. The predicted octanol–water partition coefficient (Wildman–Crippen LogP) is 3.64. The number of nitrogens with one attached hydrogen (secondary N) is 1. The Kier molecular flexibility index (Phi) is 12.2. The molecule has 1 atom stereocenters. The van der Waals surface area contributed by atoms with Gasteiger partial charge in [0, 0.05) is 39.0 Å². The standard InChI is InChI=1S/C19H28N2O4.C2H6/c1-23-10-4-9-21-16-6-2-5-15(13-16)18(14-20)19(22)25-12-8-17-7-3-11-24-17;1-2/h13,17,21H,2-12H2,1H3;1-2H3/b18-15-;. The minimum Gasteiger partial charge on any atom is -0.461 e. The van der Waals surface area contributed by atoms with Crippen molar-refractivity contribution in [2.45, 2.75) is 64.9 Å². The predicted molar refractivity (Wildman–Crippen MR) is 105 cm³/mol. The van der Waals surface area contributed by atoms with Gasteiger partial charge in [0.25, 0.3) is 0 Å². The van der Waals surface area contributed by atoms with Gasteiger partial charge in [-0.25, -0.2) is 4.79 Å². The van der Waals surface area contributed by atoms with Gasteiger partial charge in [-0.05, 0) is 50.2 Å². The largest absolute Gasteiger partial charge is 0.461 e. The fourth-order valence-corrected chi connectivity index (χ4v) is 3.10. The molecule has 0 amide bonds. The molecule has 0 aromatic rings. The van der Waals surface area contributed by atoms with Crippen molar-refractivity contribution in [1.29, 1.82) is 5.26 Å². The molecule has 6 heteroatoms. The molecule has 1 saturated heterocycles. The summed E-state index contributed by atoms with van der Waals surface area (Å²) in [6.07, 6.45) is 8.40. The molecule has 2 rings (SSSR count). The highest BCUT2D eigenvalue weighted by molar-refractivity contribution is 5.94. The number of nitriles is 1. The number of methoxy groups -OCH3 is 1. The summed E-state index contributed by atoms with van der Waals surface area (Å²) in [5.41, 5.74) is 1.96. The molecule has 0 saturated carbocycles. The number of allylic oxidation sites excluding steroid dienone is 3. The first kappa shape index (κ1) is 23.2. The topological polar surface area (TPSA) is 80.6 Å². The van der Waals surface area contributed by atoms with Crippen LogP contribution in [0.2, 0.25) is 0 Å². The molecule has 1 heterocycles. The number of nitrogens with zero attached hydrogens (tertiary/aromatic N) is 1. The molecular formula is C21H34N2O4. The van der Waals surface area contributed by atoms with Crippen molar-refractivity contribution in [3.63, 3.8) is 0 Å². The molecule has 0 spiro atoms. The number of rotatable bonds is 9. The number of hydrogen-bond donors (Lipinski definition) is 1. The molecule has 2 aliphatic rings. The second kappa shape index (κ2) is 14.2. The van der Waals surface area contributed by atoms with Gasteiger partial charge >= 0.3 is 5.97 Å². The van der Waals surface area contributed by atoms with E-state index >= 15 is 0 Å². The highest BCUT2D eigenvalue weighted by Crippen LogP contribution is 2.24. The Morgan fingerprint density at radius 1 is 1.33 bits per heavy atom. The van der Waals surface area contributed by atoms with Crippen molar-refractivity contribution in [3.05, 3.63) is 22.9 Å². The number of ether oxygens (including phenoxy) is 3. The Morgan fingerprint density at radius 2 is 2.15 bits per heavy atom. The molecule has 6 nitrogen and oxygen atoms in total. The summed E-state index contributed by atoms with van der Waals surface area (Å²) in [6, 6.07) is 2.03. The summed E-state index contributed by atoms with van der Waals surface area (Å²) in [5.74, 6) is -0.521. The zero-order valence-electron chi connectivity index (χ0n) is 17.0. The van der Waals surface area contributed by atoms with E-state index in [1.807, 2.05) is 26.0 Å². The summed E-state index contributed by atoms with van der Waals surface area (Å²) in [4.78, 5) is 12.2. The van der Waals surface area contributed by atoms with Crippen molar-refractivity contribution in [2.24, 2.45) is 0 Å². The van der Waals surface area contributed by atoms with Gasteiger partial charge in [0.05, 0.1) is 12.7 Å². The van der Waals surface area contributed by atoms with Crippen molar-refractivity contribution < 1.29 is 19.0 Å². The van der Waals surface area contributed by atoms with Crippen LogP contribution in [-0.2, 0) is 19.0 Å². The molecule has 1 unspecified atom stereocenters. The van der Waals surface area contributed by atoms with Crippen molar-refractivity contribution >= 4 is 5.97 Å². The summed E-state index contributed by atoms with van der Waals surface area (Å²) >= 11 is 0. The summed E-state index contributed by atoms with van der Waals surface area (Å²) in [5, 5.41) is 12.7. The molecule has 0 radical (unpaired) electrons. The van der Waals surface area contributed by atoms with E-state index in [1.54, 1.807) is 7.11 Å². The van der Waals surface area contributed by atoms with Gasteiger partial charge < -0.3 is 19.5 Å². The Bertz CT molecular complexity index is 543. The first-order valence-electron chi connectivity index (χ1n) is 10.1. The van der Waals surface area contributed by atoms with Crippen molar-refractivity contribution in [3.8, 4) is 6.07 Å². The summed E-state index contributed by atoms with van der Waals surface area (Å²) < 4.78 is 15.8. The third kappa shape index (κ3) is 8.59. The lowest BCUT2D eigenvalue weighted by molar-refractivity contribution is -0.139. The third-order valence-corrected chi connectivity index (χ3v) is 4.45. The highest BCUT2D eigenvalue weighted by Gasteiger charge is 2.20. The molecule has 0 aromatic carbocycles. The van der Waals surface area contributed by atoms with Gasteiger partial charge in [-0.15, -0.1) is 0 Å². The number of hydrogen-bond acceptors (Lipinski definition) is 6. The first-order valence-corrected chi connectivity index (χ1v) is 10.1. The van der Waals surface area contributed by atoms with E-state index in [0.717, 1.165) is 62.9 Å². The number of carbonyl (C=O) groups excluding carboxylic acids is 1. The zero-order chi connectivity index (χ0) is 19.9. The first-order chi connectivity index (χ1) is 13.2. The molecule has 1 aliphatic heterocycles. The SMILES string of the molecule is CC.COCCCNC1=C/C(=C(/C#N)C(=O)OCCC2CCCO2)CCC1. The fourth-order valence-electron chi connectivity index (χ4n) is 3.10. The molecule has 0 aromatic heterocycles. The summed E-state index contributed by atoms with van der Waals surface area (Å²) in [6.45, 7) is 6.62. The van der Waals surface area contributed by atoms with Crippen LogP contribution in [0, 0.1) is 11.3 Å². The van der Waals surface area contributed by atoms with Crippen LogP contribution in [-0.4, -0.2) is 45.5 Å². The molecule has 152 valence electrons. The van der Waals surface area contributed by atoms with Gasteiger partial charge in [-0.3, -0.25) is 0 Å². The van der Waals surface area contributed by atoms with E-state index in [2.05, 4.69) is 5.32 Å². The van der Waals surface area contributed by atoms with Crippen molar-refractivity contribution in [2.75, 3.05) is 33.5 Å². The number of esters is 1. The van der Waals surface area contributed by atoms with Crippen LogP contribution >= 0.6 is 0 Å². The van der Waals surface area contributed by atoms with Gasteiger partial charge in [-0.1, -0.05) is 13.8 Å². The van der Waals surface area contributed by atoms with Crippen LogP contribution in [0.5, 0.6) is 0 Å². The molecule has 1 fully saturated rings. The van der Waals surface area contributed by atoms with Crippen LogP contribution < -0.4 is 5.32 Å². The molecule has 1 aliphatic carbocycles. The molecule has 1 N–H and O–H groups in total. The van der Waals surface area contributed by atoms with E-state index in [-0.39, 0.29) is 11.7 Å². The van der Waals surface area contributed by atoms with E-state index in [0.29, 0.717) is 19.6 Å². The maximum Gasteiger partial charge on any atom is 0.349 e. The Labute approximate surface area is 163 Å². The van der Waals surface area contributed by atoms with Gasteiger partial charge in [0.2, 0.25) is 0 Å². The lowest BCUT2D eigenvalue weighted by Gasteiger charge is -2.18. The average molecular weight is 379 g/mol. The highest BCUT2D eigenvalue weighted by atomic mass is 16.5. The maximum atomic E-state index is 12.2. The molecule has 27 heavy (non-hydrogen) atoms. The molecular weight excluding hydrogens is 344 g/mol. The normalized spacial score (nSPS) is 20.7. The van der Waals surface area contributed by atoms with Crippen LogP contribution in [0.4, 0.5) is 0 Å². The minimum absolute atomic E-state index is 0.128. The minimum atomic E-state index is -0.521. The van der Waals surface area contributed by atoms with Gasteiger partial charge in [0.15, 0.2) is 0 Å². The van der Waals surface area contributed by atoms with Crippen LogP contribution in [0.25, 0.3) is 0 Å². The average Bonchev–Trinajstić information content (AvgIpc) is 3.21. The Balaban J connectivity index is 0.00000176. The van der Waals surface area contributed by atoms with Gasteiger partial charge in [-0.2, -0.15) is 5.26 Å². The van der Waals surface area contributed by atoms with E-state index < -0.39 is 5.97 Å². The smallest absolute Gasteiger partial charge is 0.349 e. The zero-order valence-corrected chi connectivity index (χ0v) is 17.0. The second-order valence-electron chi connectivity index (χ2n) is 6.37. The third-order valence-electron chi connectivity index (χ3n) is 4.45. The van der Waals surface area contributed by atoms with E-state index in [4.69, 9.17) is 14.2 Å². The summed E-state index contributed by atoms with van der Waals surface area (Å²) in [7, 11) is 1.68. The van der Waals surface area contributed by atoms with Crippen LogP contribution in [0.15, 0.2) is 22.9 Å².